The topological polar surface area (TPSA) is 248 Å². The summed E-state index contributed by atoms with van der Waals surface area (Å²) < 4.78 is 27.7. The van der Waals surface area contributed by atoms with E-state index in [1.807, 2.05) is 26.0 Å². The summed E-state index contributed by atoms with van der Waals surface area (Å²) in [5, 5.41) is 15.3. The van der Waals surface area contributed by atoms with Gasteiger partial charge in [0.15, 0.2) is 11.8 Å². The highest BCUT2D eigenvalue weighted by atomic mass is 16.5. The fraction of sp³-hybridized carbons (Fsp3) is 0.409. The van der Waals surface area contributed by atoms with E-state index in [0.717, 1.165) is 12.8 Å². The van der Waals surface area contributed by atoms with E-state index in [1.54, 1.807) is 46.1 Å². The minimum atomic E-state index is -0.684. The van der Waals surface area contributed by atoms with Crippen LogP contribution in [0, 0.1) is 19.8 Å². The molecule has 2 aliphatic rings. The molecule has 330 valence electrons. The Hall–Kier alpha value is -7.02. The van der Waals surface area contributed by atoms with Gasteiger partial charge >= 0.3 is 0 Å². The molecule has 19 heteroatoms. The third-order valence-electron chi connectivity index (χ3n) is 11.3. The molecule has 0 spiro atoms. The molecule has 2 aromatic carbocycles. The minimum Gasteiger partial charge on any atom is -0.491 e. The van der Waals surface area contributed by atoms with E-state index in [1.165, 1.54) is 6.07 Å². The average molecular weight is 863 g/mol. The van der Waals surface area contributed by atoms with E-state index in [9.17, 15) is 24.3 Å². The maximum absolute atomic E-state index is 14.1. The Morgan fingerprint density at radius 3 is 1.71 bits per heavy atom. The number of nitrogens with zero attached hydrogens (tertiary/aromatic N) is 7. The Morgan fingerprint density at radius 1 is 0.746 bits per heavy atom. The number of aryl methyl sites for hydroxylation is 4. The van der Waals surface area contributed by atoms with Crippen molar-refractivity contribution in [3.8, 4) is 11.5 Å². The number of oxazole rings is 2. The number of imidazole rings is 2. The summed E-state index contributed by atoms with van der Waals surface area (Å²) in [4.78, 5) is 74.1. The van der Waals surface area contributed by atoms with Crippen LogP contribution >= 0.6 is 0 Å². The molecule has 0 unspecified atom stereocenters. The zero-order valence-corrected chi connectivity index (χ0v) is 35.7. The number of nitrogens with two attached hydrogens (primary N) is 1. The van der Waals surface area contributed by atoms with E-state index >= 15 is 0 Å². The monoisotopic (exact) mass is 862 g/mol. The summed E-state index contributed by atoms with van der Waals surface area (Å²) in [6.07, 6.45) is 7.30. The predicted octanol–water partition coefficient (Wildman–Crippen LogP) is 5.36. The number of aliphatic hydroxyl groups excluding tert-OH is 1. The molecule has 2 aliphatic heterocycles. The number of benzene rings is 2. The number of hydrogen-bond donors (Lipinski definition) is 4. The van der Waals surface area contributed by atoms with Crippen LogP contribution in [0.5, 0.6) is 11.5 Å². The van der Waals surface area contributed by atoms with Crippen molar-refractivity contribution in [3.63, 3.8) is 0 Å². The Bertz CT molecular complexity index is 2750. The lowest BCUT2D eigenvalue weighted by atomic mass is 9.93. The molecule has 4 aromatic heterocycles. The number of carbonyl (C=O) groups is 4. The van der Waals surface area contributed by atoms with Gasteiger partial charge in [-0.05, 0) is 62.3 Å². The first-order valence-electron chi connectivity index (χ1n) is 21.2. The van der Waals surface area contributed by atoms with Crippen LogP contribution in [0.2, 0.25) is 0 Å². The van der Waals surface area contributed by atoms with E-state index in [4.69, 9.17) is 34.0 Å². The maximum Gasteiger partial charge on any atom is 0.295 e. The van der Waals surface area contributed by atoms with Gasteiger partial charge in [-0.3, -0.25) is 29.8 Å². The molecular weight excluding hydrogens is 813 g/mol. The third kappa shape index (κ3) is 8.73. The molecule has 0 radical (unpaired) electrons. The Balaban J connectivity index is 1.20. The molecular formula is C44H50N10O9. The van der Waals surface area contributed by atoms with Crippen LogP contribution in [0.25, 0.3) is 22.1 Å². The summed E-state index contributed by atoms with van der Waals surface area (Å²) in [5.74, 6) is 0.263. The van der Waals surface area contributed by atoms with Gasteiger partial charge in [0.2, 0.25) is 29.3 Å². The van der Waals surface area contributed by atoms with Gasteiger partial charge in [0.1, 0.15) is 22.5 Å². The highest BCUT2D eigenvalue weighted by Crippen LogP contribution is 2.35. The Labute approximate surface area is 361 Å². The maximum atomic E-state index is 14.1. The molecule has 63 heavy (non-hydrogen) atoms. The molecule has 6 aromatic rings. The fourth-order valence-electron chi connectivity index (χ4n) is 8.16. The van der Waals surface area contributed by atoms with Crippen molar-refractivity contribution in [2.45, 2.75) is 79.3 Å². The molecule has 8 rings (SSSR count). The fourth-order valence-corrected chi connectivity index (χ4v) is 8.16. The molecule has 0 aliphatic carbocycles. The van der Waals surface area contributed by atoms with E-state index in [-0.39, 0.29) is 67.8 Å². The smallest absolute Gasteiger partial charge is 0.295 e. The number of rotatable bonds is 10. The molecule has 4 amide bonds. The second kappa shape index (κ2) is 18.1. The minimum absolute atomic E-state index is 0.0632. The lowest BCUT2D eigenvalue weighted by Gasteiger charge is -2.32. The molecule has 0 bridgehead atoms. The van der Waals surface area contributed by atoms with Gasteiger partial charge in [0.25, 0.3) is 17.7 Å². The number of piperidine rings is 1. The number of allylic oxidation sites excluding steroid dienone is 2. The number of hydrogen-bond acceptors (Lipinski definition) is 13. The third-order valence-corrected chi connectivity index (χ3v) is 11.3. The summed E-state index contributed by atoms with van der Waals surface area (Å²) in [6.45, 7) is 8.94. The van der Waals surface area contributed by atoms with Crippen molar-refractivity contribution in [2.24, 2.45) is 11.7 Å². The predicted molar refractivity (Wildman–Crippen MR) is 230 cm³/mol. The lowest BCUT2D eigenvalue weighted by molar-refractivity contribution is 0.0677. The molecule has 1 saturated heterocycles. The molecule has 6 heterocycles. The molecule has 5 N–H and O–H groups in total. The van der Waals surface area contributed by atoms with Crippen LogP contribution in [-0.4, -0.2) is 95.6 Å². The van der Waals surface area contributed by atoms with Crippen LogP contribution in [0.15, 0.2) is 45.3 Å². The summed E-state index contributed by atoms with van der Waals surface area (Å²) in [6, 6.07) is 6.50. The summed E-state index contributed by atoms with van der Waals surface area (Å²) in [5.41, 5.74) is 9.09. The van der Waals surface area contributed by atoms with Crippen molar-refractivity contribution < 1.29 is 42.6 Å². The van der Waals surface area contributed by atoms with Crippen LogP contribution in [0.4, 0.5) is 11.9 Å². The van der Waals surface area contributed by atoms with Crippen molar-refractivity contribution in [1.29, 1.82) is 0 Å². The van der Waals surface area contributed by atoms with Crippen molar-refractivity contribution in [1.82, 2.24) is 34.0 Å². The SMILES string of the molecule is CCc1nc(C)oc1C(=O)Nc1nc2cc(C(N)=O)cc3c2n1C/C=C/Cn1c(NC(=O)c2oc(C)nc2CC)nc2cc(C(=O)N4CCC(CCO)CC4)cc(c21)OCCCO3. The highest BCUT2D eigenvalue weighted by Gasteiger charge is 2.28. The van der Waals surface area contributed by atoms with E-state index < -0.39 is 17.7 Å². The van der Waals surface area contributed by atoms with Gasteiger partial charge < -0.3 is 43.2 Å². The molecule has 0 atom stereocenters. The number of ether oxygens (including phenoxy) is 2. The van der Waals surface area contributed by atoms with Crippen molar-refractivity contribution >= 4 is 57.6 Å². The van der Waals surface area contributed by atoms with Gasteiger partial charge in [0.05, 0.1) is 35.6 Å². The van der Waals surface area contributed by atoms with Crippen LogP contribution in [0.3, 0.4) is 0 Å². The van der Waals surface area contributed by atoms with Gasteiger partial charge in [-0.15, -0.1) is 0 Å². The zero-order chi connectivity index (χ0) is 44.4. The van der Waals surface area contributed by atoms with Crippen LogP contribution in [0.1, 0.15) is 105 Å². The van der Waals surface area contributed by atoms with Gasteiger partial charge in [-0.2, -0.15) is 0 Å². The second-order valence-corrected chi connectivity index (χ2v) is 15.5. The van der Waals surface area contributed by atoms with Gasteiger partial charge in [-0.1, -0.05) is 26.0 Å². The number of primary amides is 1. The largest absolute Gasteiger partial charge is 0.491 e. The summed E-state index contributed by atoms with van der Waals surface area (Å²) in [7, 11) is 0. The second-order valence-electron chi connectivity index (χ2n) is 15.5. The number of amides is 4. The zero-order valence-electron chi connectivity index (χ0n) is 35.7. The van der Waals surface area contributed by atoms with Gasteiger partial charge in [-0.25, -0.2) is 19.9 Å². The number of aliphatic hydroxyl groups is 1. The average Bonchev–Trinajstić information content (AvgIpc) is 4.03. The number of aromatic nitrogens is 6. The van der Waals surface area contributed by atoms with E-state index in [0.29, 0.717) is 107 Å². The van der Waals surface area contributed by atoms with Crippen molar-refractivity contribution in [2.75, 3.05) is 43.5 Å². The molecule has 1 fully saturated rings. The van der Waals surface area contributed by atoms with Gasteiger partial charge in [0, 0.05) is 64.2 Å². The van der Waals surface area contributed by atoms with Crippen molar-refractivity contribution in [3.05, 3.63) is 82.2 Å². The van der Waals surface area contributed by atoms with Crippen LogP contribution < -0.4 is 25.8 Å². The highest BCUT2D eigenvalue weighted by molar-refractivity contribution is 6.05. The number of nitrogens with one attached hydrogen (secondary N) is 2. The Morgan fingerprint density at radius 2 is 1.24 bits per heavy atom. The van der Waals surface area contributed by atoms with E-state index in [2.05, 4.69) is 20.6 Å². The first-order chi connectivity index (χ1) is 30.5. The first kappa shape index (κ1) is 42.7. The lowest BCUT2D eigenvalue weighted by Crippen LogP contribution is -2.38. The number of anilines is 2. The number of likely N-dealkylation sites (tertiary alicyclic amines) is 1. The number of carbonyl (C=O) groups excluding carboxylic acids is 4. The first-order valence-corrected chi connectivity index (χ1v) is 21.2. The molecule has 19 nitrogen and oxygen atoms in total. The Kier molecular flexibility index (Phi) is 12.3. The normalized spacial score (nSPS) is 15.3. The quantitative estimate of drug-likeness (QED) is 0.127. The van der Waals surface area contributed by atoms with Crippen LogP contribution in [-0.2, 0) is 25.9 Å². The molecule has 0 saturated carbocycles. The summed E-state index contributed by atoms with van der Waals surface area (Å²) >= 11 is 0. The standard InChI is InChI=1S/C44H50N10O9/c1-5-29-37(62-24(3)46-29)40(57)50-43-48-31-20-27(39(45)56)22-33-35(31)53(43)13-7-8-14-54-36-32(49-44(54)51-41(58)38-30(6-2)47-25(4)63-38)21-28(23-34(36)61-19-9-18-60-33)42(59)52-15-10-26(11-16-52)12-17-55/h7-8,20-23,26,55H,5-6,9-19H2,1-4H3,(H2,45,56)(H,48,50,57)(H,49,51,58)/b8-7+.